The molecule has 0 unspecified atom stereocenters. The van der Waals surface area contributed by atoms with Gasteiger partial charge in [-0.3, -0.25) is 0 Å². The summed E-state index contributed by atoms with van der Waals surface area (Å²) in [5, 5.41) is 8.18. The molecule has 0 aliphatic carbocycles. The molecule has 1 aliphatic heterocycles. The number of hydrogen-bond donors (Lipinski definition) is 1. The Balaban J connectivity index is 2.18. The second kappa shape index (κ2) is 4.54. The zero-order valence-corrected chi connectivity index (χ0v) is 9.98. The second-order valence-electron chi connectivity index (χ2n) is 3.32. The lowest BCUT2D eigenvalue weighted by Gasteiger charge is -2.22. The van der Waals surface area contributed by atoms with Crippen molar-refractivity contribution in [2.24, 2.45) is 5.73 Å². The van der Waals surface area contributed by atoms with E-state index in [2.05, 4.69) is 32.9 Å². The topological polar surface area (TPSA) is 66.0 Å². The van der Waals surface area contributed by atoms with Gasteiger partial charge in [-0.15, -0.1) is 5.10 Å². The van der Waals surface area contributed by atoms with E-state index in [9.17, 15) is 0 Å². The Morgan fingerprint density at radius 1 is 1.50 bits per heavy atom. The summed E-state index contributed by atoms with van der Waals surface area (Å²) in [5.41, 5.74) is 6.43. The van der Waals surface area contributed by atoms with Gasteiger partial charge in [0, 0.05) is 19.8 Å². The highest BCUT2D eigenvalue weighted by molar-refractivity contribution is 14.1. The van der Waals surface area contributed by atoms with Crippen LogP contribution in [-0.2, 0) is 11.3 Å². The first-order valence-electron chi connectivity index (χ1n) is 4.70. The SMILES string of the molecule is NCc1nnn(C2CCOCC2)c1I. The monoisotopic (exact) mass is 308 g/mol. The van der Waals surface area contributed by atoms with Gasteiger partial charge in [0.2, 0.25) is 0 Å². The van der Waals surface area contributed by atoms with E-state index in [1.54, 1.807) is 0 Å². The lowest BCUT2D eigenvalue weighted by molar-refractivity contribution is 0.0650. The van der Waals surface area contributed by atoms with E-state index in [-0.39, 0.29) is 0 Å². The van der Waals surface area contributed by atoms with Crippen LogP contribution in [0.2, 0.25) is 0 Å². The molecule has 6 heteroatoms. The van der Waals surface area contributed by atoms with Crippen LogP contribution < -0.4 is 5.73 Å². The minimum Gasteiger partial charge on any atom is -0.381 e. The maximum absolute atomic E-state index is 5.55. The molecule has 1 aromatic rings. The van der Waals surface area contributed by atoms with Crippen molar-refractivity contribution in [1.29, 1.82) is 0 Å². The quantitative estimate of drug-likeness (QED) is 0.817. The molecule has 0 bridgehead atoms. The number of ether oxygens (including phenoxy) is 1. The fourth-order valence-corrected chi connectivity index (χ4v) is 2.42. The van der Waals surface area contributed by atoms with Crippen molar-refractivity contribution >= 4 is 22.6 Å². The van der Waals surface area contributed by atoms with Crippen LogP contribution in [0.3, 0.4) is 0 Å². The summed E-state index contributed by atoms with van der Waals surface area (Å²) in [6.07, 6.45) is 2.03. The minimum absolute atomic E-state index is 0.434. The summed E-state index contributed by atoms with van der Waals surface area (Å²) in [4.78, 5) is 0. The molecule has 1 aliphatic rings. The minimum atomic E-state index is 0.434. The van der Waals surface area contributed by atoms with Gasteiger partial charge in [0.05, 0.1) is 6.04 Å². The highest BCUT2D eigenvalue weighted by Gasteiger charge is 2.20. The summed E-state index contributed by atoms with van der Waals surface area (Å²) >= 11 is 2.26. The summed E-state index contributed by atoms with van der Waals surface area (Å²) < 4.78 is 8.35. The van der Waals surface area contributed by atoms with Crippen LogP contribution >= 0.6 is 22.6 Å². The van der Waals surface area contributed by atoms with E-state index in [1.807, 2.05) is 4.68 Å². The summed E-state index contributed by atoms with van der Waals surface area (Å²) in [5.74, 6) is 0. The molecule has 0 amide bonds. The van der Waals surface area contributed by atoms with E-state index in [4.69, 9.17) is 10.5 Å². The molecule has 0 atom stereocenters. The van der Waals surface area contributed by atoms with Gasteiger partial charge < -0.3 is 10.5 Å². The third-order valence-electron chi connectivity index (χ3n) is 2.43. The van der Waals surface area contributed by atoms with Gasteiger partial charge in [0.15, 0.2) is 0 Å². The van der Waals surface area contributed by atoms with Gasteiger partial charge in [0.25, 0.3) is 0 Å². The first kappa shape index (κ1) is 10.3. The Labute approximate surface area is 96.1 Å². The zero-order chi connectivity index (χ0) is 9.97. The maximum atomic E-state index is 5.55. The van der Waals surface area contributed by atoms with Crippen LogP contribution in [0.5, 0.6) is 0 Å². The van der Waals surface area contributed by atoms with E-state index in [0.29, 0.717) is 12.6 Å². The fourth-order valence-electron chi connectivity index (χ4n) is 1.60. The third-order valence-corrected chi connectivity index (χ3v) is 3.55. The molecule has 2 N–H and O–H groups in total. The number of rotatable bonds is 2. The molecule has 14 heavy (non-hydrogen) atoms. The predicted octanol–water partition coefficient (Wildman–Crippen LogP) is 0.693. The van der Waals surface area contributed by atoms with Crippen molar-refractivity contribution in [2.45, 2.75) is 25.4 Å². The molecule has 2 heterocycles. The molecule has 0 aromatic carbocycles. The summed E-state index contributed by atoms with van der Waals surface area (Å²) in [7, 11) is 0. The molecule has 78 valence electrons. The number of nitrogens with two attached hydrogens (primary N) is 1. The maximum Gasteiger partial charge on any atom is 0.124 e. The van der Waals surface area contributed by atoms with Crippen LogP contribution in [-0.4, -0.2) is 28.2 Å². The van der Waals surface area contributed by atoms with Crippen molar-refractivity contribution in [2.75, 3.05) is 13.2 Å². The molecule has 0 radical (unpaired) electrons. The van der Waals surface area contributed by atoms with E-state index >= 15 is 0 Å². The molecule has 1 saturated heterocycles. The van der Waals surface area contributed by atoms with E-state index in [1.165, 1.54) is 0 Å². The first-order valence-corrected chi connectivity index (χ1v) is 5.78. The Bertz CT molecular complexity index is 308. The van der Waals surface area contributed by atoms with Gasteiger partial charge in [-0.05, 0) is 35.4 Å². The lowest BCUT2D eigenvalue weighted by Crippen LogP contribution is -2.21. The molecule has 1 aromatic heterocycles. The van der Waals surface area contributed by atoms with Crippen molar-refractivity contribution in [3.05, 3.63) is 9.39 Å². The average Bonchev–Trinajstić information content (AvgIpc) is 2.61. The smallest absolute Gasteiger partial charge is 0.124 e. The van der Waals surface area contributed by atoms with Crippen molar-refractivity contribution in [1.82, 2.24) is 15.0 Å². The van der Waals surface area contributed by atoms with Crippen molar-refractivity contribution < 1.29 is 4.74 Å². The summed E-state index contributed by atoms with van der Waals surface area (Å²) in [6, 6.07) is 0.434. The molecule has 0 saturated carbocycles. The van der Waals surface area contributed by atoms with Gasteiger partial charge >= 0.3 is 0 Å². The molecular formula is C8H13IN4O. The van der Waals surface area contributed by atoms with Crippen LogP contribution in [0.4, 0.5) is 0 Å². The normalized spacial score (nSPS) is 18.7. The Morgan fingerprint density at radius 3 is 2.79 bits per heavy atom. The van der Waals surface area contributed by atoms with Gasteiger partial charge in [-0.2, -0.15) is 0 Å². The Morgan fingerprint density at radius 2 is 2.21 bits per heavy atom. The average molecular weight is 308 g/mol. The molecule has 5 nitrogen and oxygen atoms in total. The fraction of sp³-hybridized carbons (Fsp3) is 0.750. The molecule has 0 spiro atoms. The predicted molar refractivity (Wildman–Crippen MR) is 59.7 cm³/mol. The van der Waals surface area contributed by atoms with Crippen LogP contribution in [0.25, 0.3) is 0 Å². The third kappa shape index (κ3) is 1.91. The van der Waals surface area contributed by atoms with Gasteiger partial charge in [0.1, 0.15) is 9.39 Å². The van der Waals surface area contributed by atoms with Gasteiger partial charge in [-0.25, -0.2) is 4.68 Å². The lowest BCUT2D eigenvalue weighted by atomic mass is 10.1. The van der Waals surface area contributed by atoms with Crippen LogP contribution in [0.1, 0.15) is 24.6 Å². The standard InChI is InChI=1S/C8H13IN4O/c9-8-7(5-10)11-12-13(8)6-1-3-14-4-2-6/h6H,1-5,10H2. The molecule has 2 rings (SSSR count). The van der Waals surface area contributed by atoms with Crippen molar-refractivity contribution in [3.63, 3.8) is 0 Å². The molecule has 1 fully saturated rings. The number of hydrogen-bond acceptors (Lipinski definition) is 4. The first-order chi connectivity index (χ1) is 6.83. The highest BCUT2D eigenvalue weighted by Crippen LogP contribution is 2.23. The number of nitrogens with zero attached hydrogens (tertiary/aromatic N) is 3. The van der Waals surface area contributed by atoms with E-state index in [0.717, 1.165) is 35.4 Å². The Kier molecular flexibility index (Phi) is 3.34. The Hall–Kier alpha value is -0.210. The number of halogens is 1. The molecular weight excluding hydrogens is 295 g/mol. The van der Waals surface area contributed by atoms with Crippen LogP contribution in [0.15, 0.2) is 0 Å². The van der Waals surface area contributed by atoms with Gasteiger partial charge in [-0.1, -0.05) is 5.21 Å². The summed E-state index contributed by atoms with van der Waals surface area (Å²) in [6.45, 7) is 2.10. The largest absolute Gasteiger partial charge is 0.381 e. The van der Waals surface area contributed by atoms with Crippen molar-refractivity contribution in [3.8, 4) is 0 Å². The van der Waals surface area contributed by atoms with E-state index < -0.39 is 0 Å². The number of aromatic nitrogens is 3. The second-order valence-corrected chi connectivity index (χ2v) is 4.34. The zero-order valence-electron chi connectivity index (χ0n) is 7.82. The highest BCUT2D eigenvalue weighted by atomic mass is 127. The van der Waals surface area contributed by atoms with Crippen LogP contribution in [0, 0.1) is 3.70 Å².